The van der Waals surface area contributed by atoms with Crippen LogP contribution in [0.15, 0.2) is 131 Å². The maximum absolute atomic E-state index is 10.8. The molecule has 0 aromatic heterocycles. The van der Waals surface area contributed by atoms with Crippen LogP contribution in [0.25, 0.3) is 0 Å². The van der Waals surface area contributed by atoms with Gasteiger partial charge in [-0.1, -0.05) is 121 Å². The summed E-state index contributed by atoms with van der Waals surface area (Å²) in [6, 6.07) is 38.8. The molecule has 4 nitrogen and oxygen atoms in total. The summed E-state index contributed by atoms with van der Waals surface area (Å²) in [7, 11) is 0. The predicted octanol–water partition coefficient (Wildman–Crippen LogP) is 5.84. The highest BCUT2D eigenvalue weighted by Crippen LogP contribution is 2.34. The van der Waals surface area contributed by atoms with E-state index >= 15 is 0 Å². The Morgan fingerprint density at radius 2 is 0.812 bits per heavy atom. The van der Waals surface area contributed by atoms with Crippen LogP contribution in [0.2, 0.25) is 0 Å². The molecule has 4 aromatic carbocycles. The van der Waals surface area contributed by atoms with Gasteiger partial charge < -0.3 is 0 Å². The molecule has 4 heteroatoms. The van der Waals surface area contributed by atoms with Gasteiger partial charge in [-0.2, -0.15) is 9.98 Å². The van der Waals surface area contributed by atoms with Gasteiger partial charge in [-0.15, -0.1) is 0 Å². The van der Waals surface area contributed by atoms with E-state index in [4.69, 9.17) is 0 Å². The number of benzene rings is 4. The van der Waals surface area contributed by atoms with Crippen molar-refractivity contribution in [2.45, 2.75) is 12.1 Å². The molecule has 0 spiro atoms. The first-order chi connectivity index (χ1) is 15.8. The smallest absolute Gasteiger partial charge is 0.211 e. The first-order valence-corrected chi connectivity index (χ1v) is 10.2. The molecule has 0 atom stereocenters. The lowest BCUT2D eigenvalue weighted by Crippen LogP contribution is -2.22. The Kier molecular flexibility index (Phi) is 8.18. The van der Waals surface area contributed by atoms with Crippen LogP contribution < -0.4 is 0 Å². The molecular weight excluding hydrogens is 396 g/mol. The van der Waals surface area contributed by atoms with Gasteiger partial charge in [-0.05, 0) is 17.5 Å². The normalized spacial score (nSPS) is 10.0. The largest absolute Gasteiger partial charge is 0.238 e. The molecule has 0 saturated carbocycles. The summed E-state index contributed by atoms with van der Waals surface area (Å²) in [6.07, 6.45) is 4.01. The van der Waals surface area contributed by atoms with Crippen LogP contribution >= 0.6 is 0 Å². The summed E-state index contributed by atoms with van der Waals surface area (Å²) in [4.78, 5) is 29.0. The number of carbonyl (C=O) groups excluding carboxylic acids is 2. The standard InChI is InChI=1S/C15H10N2O2.C13H12/c18-11-16-15(17-12-19,13-7-3-1-4-8-13)14-9-5-2-6-10-14;1-3-7-12(8-4-1)11-13-9-5-2-6-10-13/h1-10H;1-10H,11H2. The number of hydrogen-bond donors (Lipinski definition) is 0. The molecule has 32 heavy (non-hydrogen) atoms. The van der Waals surface area contributed by atoms with Crippen molar-refractivity contribution >= 4 is 12.2 Å². The van der Waals surface area contributed by atoms with Gasteiger partial charge in [0.15, 0.2) is 0 Å². The second kappa shape index (κ2) is 11.7. The van der Waals surface area contributed by atoms with Crippen molar-refractivity contribution in [2.24, 2.45) is 9.98 Å². The highest BCUT2D eigenvalue weighted by atomic mass is 16.1. The first kappa shape index (κ1) is 22.3. The van der Waals surface area contributed by atoms with Crippen LogP contribution in [-0.4, -0.2) is 12.2 Å². The minimum Gasteiger partial charge on any atom is -0.211 e. The third-order valence-electron chi connectivity index (χ3n) is 4.86. The molecule has 0 aliphatic heterocycles. The van der Waals surface area contributed by atoms with Crippen LogP contribution in [0.5, 0.6) is 0 Å². The van der Waals surface area contributed by atoms with Gasteiger partial charge in [0.25, 0.3) is 0 Å². The Bertz CT molecular complexity index is 1080. The van der Waals surface area contributed by atoms with Gasteiger partial charge in [0.2, 0.25) is 17.8 Å². The Balaban J connectivity index is 0.000000193. The average molecular weight is 418 g/mol. The minimum atomic E-state index is -1.41. The third kappa shape index (κ3) is 5.84. The van der Waals surface area contributed by atoms with Crippen LogP contribution in [0, 0.1) is 0 Å². The molecule has 0 amide bonds. The fourth-order valence-corrected chi connectivity index (χ4v) is 3.35. The number of rotatable bonds is 6. The summed E-state index contributed by atoms with van der Waals surface area (Å²) < 4.78 is 0. The van der Waals surface area contributed by atoms with Crippen molar-refractivity contribution in [2.75, 3.05) is 0 Å². The maximum Gasteiger partial charge on any atom is 0.238 e. The van der Waals surface area contributed by atoms with E-state index in [1.165, 1.54) is 23.3 Å². The second-order valence-electron chi connectivity index (χ2n) is 6.96. The number of hydrogen-bond acceptors (Lipinski definition) is 4. The topological polar surface area (TPSA) is 58.9 Å². The molecule has 0 aliphatic rings. The summed E-state index contributed by atoms with van der Waals surface area (Å²) in [5, 5.41) is 0. The zero-order valence-corrected chi connectivity index (χ0v) is 17.5. The number of aliphatic imine (C=N–C) groups is 2. The third-order valence-corrected chi connectivity index (χ3v) is 4.86. The molecule has 0 saturated heterocycles. The predicted molar refractivity (Wildman–Crippen MR) is 126 cm³/mol. The molecule has 4 aromatic rings. The Labute approximate surface area is 187 Å². The minimum absolute atomic E-state index is 0.605. The zero-order valence-electron chi connectivity index (χ0n) is 17.5. The van der Waals surface area contributed by atoms with Gasteiger partial charge in [0, 0.05) is 11.1 Å². The van der Waals surface area contributed by atoms with Gasteiger partial charge >= 0.3 is 0 Å². The molecule has 4 rings (SSSR count). The molecule has 0 bridgehead atoms. The molecule has 0 heterocycles. The van der Waals surface area contributed by atoms with Crippen molar-refractivity contribution in [3.8, 4) is 0 Å². The molecule has 0 aliphatic carbocycles. The molecular formula is C28H22N2O2. The number of nitrogens with zero attached hydrogens (tertiary/aromatic N) is 2. The van der Waals surface area contributed by atoms with E-state index in [9.17, 15) is 9.59 Å². The quantitative estimate of drug-likeness (QED) is 0.292. The average Bonchev–Trinajstić information content (AvgIpc) is 2.87. The Morgan fingerprint density at radius 1 is 0.500 bits per heavy atom. The van der Waals surface area contributed by atoms with E-state index in [0.717, 1.165) is 6.42 Å². The lowest BCUT2D eigenvalue weighted by Gasteiger charge is -2.22. The van der Waals surface area contributed by atoms with Crippen molar-refractivity contribution in [3.63, 3.8) is 0 Å². The van der Waals surface area contributed by atoms with Crippen molar-refractivity contribution in [3.05, 3.63) is 144 Å². The summed E-state index contributed by atoms with van der Waals surface area (Å²) in [5.74, 6) is 0. The Hall–Kier alpha value is -4.36. The monoisotopic (exact) mass is 418 g/mol. The van der Waals surface area contributed by atoms with E-state index in [-0.39, 0.29) is 0 Å². The lowest BCUT2D eigenvalue weighted by atomic mass is 9.92. The van der Waals surface area contributed by atoms with Crippen LogP contribution in [0.3, 0.4) is 0 Å². The Morgan fingerprint density at radius 3 is 1.12 bits per heavy atom. The number of isocyanates is 2. The second-order valence-corrected chi connectivity index (χ2v) is 6.96. The summed E-state index contributed by atoms with van der Waals surface area (Å²) in [6.45, 7) is 0. The van der Waals surface area contributed by atoms with E-state index in [0.29, 0.717) is 11.1 Å². The fourth-order valence-electron chi connectivity index (χ4n) is 3.35. The summed E-state index contributed by atoms with van der Waals surface area (Å²) >= 11 is 0. The van der Waals surface area contributed by atoms with E-state index in [1.54, 1.807) is 48.5 Å². The maximum atomic E-state index is 10.8. The van der Waals surface area contributed by atoms with E-state index in [1.807, 2.05) is 12.1 Å². The molecule has 156 valence electrons. The van der Waals surface area contributed by atoms with Crippen molar-refractivity contribution in [1.82, 2.24) is 0 Å². The molecule has 0 fully saturated rings. The molecule has 0 unspecified atom stereocenters. The van der Waals surface area contributed by atoms with Gasteiger partial charge in [-0.25, -0.2) is 9.59 Å². The SMILES string of the molecule is O=C=NC(N=C=O)(c1ccccc1)c1ccccc1.c1ccc(Cc2ccccc2)cc1. The van der Waals surface area contributed by atoms with Gasteiger partial charge in [-0.3, -0.25) is 0 Å². The summed E-state index contributed by atoms with van der Waals surface area (Å²) in [5.41, 5.74) is 2.54. The lowest BCUT2D eigenvalue weighted by molar-refractivity contribution is 0.516. The van der Waals surface area contributed by atoms with Gasteiger partial charge in [0.05, 0.1) is 0 Å². The molecule has 0 N–H and O–H groups in total. The van der Waals surface area contributed by atoms with Crippen LogP contribution in [0.1, 0.15) is 22.3 Å². The van der Waals surface area contributed by atoms with Crippen molar-refractivity contribution in [1.29, 1.82) is 0 Å². The van der Waals surface area contributed by atoms with Crippen molar-refractivity contribution < 1.29 is 9.59 Å². The molecule has 0 radical (unpaired) electrons. The van der Waals surface area contributed by atoms with Gasteiger partial charge in [0.1, 0.15) is 0 Å². The van der Waals surface area contributed by atoms with E-state index < -0.39 is 5.66 Å². The van der Waals surface area contributed by atoms with Crippen LogP contribution in [0.4, 0.5) is 0 Å². The highest BCUT2D eigenvalue weighted by molar-refractivity contribution is 5.49. The fraction of sp³-hybridized carbons (Fsp3) is 0.0714. The van der Waals surface area contributed by atoms with Crippen LogP contribution in [-0.2, 0) is 21.7 Å². The highest BCUT2D eigenvalue weighted by Gasteiger charge is 2.33. The first-order valence-electron chi connectivity index (χ1n) is 10.2. The zero-order chi connectivity index (χ0) is 22.5. The van der Waals surface area contributed by atoms with E-state index in [2.05, 4.69) is 70.6 Å².